The smallest absolute Gasteiger partial charge is 0.341 e. The molecule has 4 N–H and O–H groups in total. The highest BCUT2D eigenvalue weighted by Gasteiger charge is 2.30. The summed E-state index contributed by atoms with van der Waals surface area (Å²) in [6.45, 7) is 3.63. The van der Waals surface area contributed by atoms with E-state index in [1.807, 2.05) is 6.92 Å². The van der Waals surface area contributed by atoms with E-state index in [1.54, 1.807) is 4.90 Å². The first-order valence-electron chi connectivity index (χ1n) is 9.43. The molecule has 1 fully saturated rings. The number of halogens is 3. The Morgan fingerprint density at radius 3 is 2.58 bits per heavy atom. The maximum Gasteiger partial charge on any atom is 0.341 e. The van der Waals surface area contributed by atoms with Gasteiger partial charge in [0.25, 0.3) is 0 Å². The van der Waals surface area contributed by atoms with E-state index < -0.39 is 40.1 Å². The second-order valence-electron chi connectivity index (χ2n) is 7.20. The van der Waals surface area contributed by atoms with Gasteiger partial charge in [-0.25, -0.2) is 22.9 Å². The van der Waals surface area contributed by atoms with Crippen molar-refractivity contribution in [3.8, 4) is 5.69 Å². The predicted octanol–water partition coefficient (Wildman–Crippen LogP) is 1.88. The van der Waals surface area contributed by atoms with Gasteiger partial charge in [-0.3, -0.25) is 9.36 Å². The van der Waals surface area contributed by atoms with Gasteiger partial charge in [-0.15, -0.1) is 0 Å². The fourth-order valence-corrected chi connectivity index (χ4v) is 3.58. The number of carbonyl (C=O) groups is 1. The fourth-order valence-electron chi connectivity index (χ4n) is 3.58. The summed E-state index contributed by atoms with van der Waals surface area (Å²) in [6.07, 6.45) is 0.870. The number of nitrogen functional groups attached to an aromatic ring is 1. The quantitative estimate of drug-likeness (QED) is 0.527. The molecule has 1 aromatic carbocycles. The molecule has 3 heterocycles. The highest BCUT2D eigenvalue weighted by atomic mass is 19.1. The molecule has 11 heteroatoms. The summed E-state index contributed by atoms with van der Waals surface area (Å²) in [5.74, 6) is -4.52. The van der Waals surface area contributed by atoms with Crippen LogP contribution in [0.5, 0.6) is 0 Å². The SMILES string of the molecule is CCNC1CN(c2nc3c(cc2F)c(=O)c(C(=O)O)cn3-c2cc(N)c(F)cc2F)C1. The zero-order valence-corrected chi connectivity index (χ0v) is 16.3. The summed E-state index contributed by atoms with van der Waals surface area (Å²) in [5, 5.41) is 12.2. The van der Waals surface area contributed by atoms with Crippen molar-refractivity contribution in [1.29, 1.82) is 0 Å². The number of likely N-dealkylation sites (N-methyl/N-ethyl adjacent to an activating group) is 1. The Morgan fingerprint density at radius 2 is 1.94 bits per heavy atom. The molecule has 0 amide bonds. The maximum atomic E-state index is 14.8. The molecule has 1 aliphatic rings. The number of rotatable bonds is 5. The monoisotopic (exact) mass is 433 g/mol. The van der Waals surface area contributed by atoms with Crippen LogP contribution in [0.4, 0.5) is 24.7 Å². The lowest BCUT2D eigenvalue weighted by Crippen LogP contribution is -2.58. The minimum Gasteiger partial charge on any atom is -0.477 e. The van der Waals surface area contributed by atoms with Gasteiger partial charge in [0, 0.05) is 31.4 Å². The van der Waals surface area contributed by atoms with Crippen molar-refractivity contribution in [2.45, 2.75) is 13.0 Å². The molecule has 1 aliphatic heterocycles. The van der Waals surface area contributed by atoms with Crippen LogP contribution in [0.25, 0.3) is 16.7 Å². The van der Waals surface area contributed by atoms with E-state index in [1.165, 1.54) is 0 Å². The van der Waals surface area contributed by atoms with E-state index in [9.17, 15) is 27.9 Å². The molecular formula is C20H18F3N5O3. The number of nitrogens with two attached hydrogens (primary N) is 1. The highest BCUT2D eigenvalue weighted by Crippen LogP contribution is 2.28. The van der Waals surface area contributed by atoms with Crippen molar-refractivity contribution < 1.29 is 23.1 Å². The molecule has 31 heavy (non-hydrogen) atoms. The first kappa shape index (κ1) is 20.7. The van der Waals surface area contributed by atoms with Gasteiger partial charge in [-0.1, -0.05) is 6.92 Å². The Labute approximate surface area is 173 Å². The maximum absolute atomic E-state index is 14.8. The first-order valence-corrected chi connectivity index (χ1v) is 9.43. The van der Waals surface area contributed by atoms with E-state index in [0.717, 1.165) is 29.4 Å². The van der Waals surface area contributed by atoms with E-state index in [2.05, 4.69) is 10.3 Å². The first-order chi connectivity index (χ1) is 14.7. The molecule has 1 saturated heterocycles. The zero-order valence-electron chi connectivity index (χ0n) is 16.3. The molecule has 0 spiro atoms. The fraction of sp³-hybridized carbons (Fsp3) is 0.250. The van der Waals surface area contributed by atoms with Crippen LogP contribution in [0.1, 0.15) is 17.3 Å². The molecule has 0 aliphatic carbocycles. The number of anilines is 2. The third-order valence-corrected chi connectivity index (χ3v) is 5.14. The van der Waals surface area contributed by atoms with Gasteiger partial charge < -0.3 is 21.1 Å². The average Bonchev–Trinajstić information content (AvgIpc) is 2.68. The van der Waals surface area contributed by atoms with Gasteiger partial charge in [-0.05, 0) is 18.7 Å². The molecule has 162 valence electrons. The minimum atomic E-state index is -1.59. The molecule has 0 radical (unpaired) electrons. The number of hydrogen-bond donors (Lipinski definition) is 3. The zero-order chi connectivity index (χ0) is 22.4. The van der Waals surface area contributed by atoms with Crippen LogP contribution in [-0.4, -0.2) is 46.3 Å². The number of fused-ring (bicyclic) bond motifs is 1. The van der Waals surface area contributed by atoms with Gasteiger partial charge in [0.1, 0.15) is 17.2 Å². The van der Waals surface area contributed by atoms with E-state index in [0.29, 0.717) is 19.2 Å². The summed E-state index contributed by atoms with van der Waals surface area (Å²) in [7, 11) is 0. The number of hydrogen-bond acceptors (Lipinski definition) is 6. The molecule has 0 unspecified atom stereocenters. The van der Waals surface area contributed by atoms with Crippen molar-refractivity contribution >= 4 is 28.5 Å². The molecule has 2 aromatic heterocycles. The Hall–Kier alpha value is -3.60. The Kier molecular flexibility index (Phi) is 5.05. The van der Waals surface area contributed by atoms with Gasteiger partial charge >= 0.3 is 5.97 Å². The van der Waals surface area contributed by atoms with E-state index in [-0.39, 0.29) is 28.6 Å². The molecule has 8 nitrogen and oxygen atoms in total. The second kappa shape index (κ2) is 7.58. The number of carboxylic acids is 1. The summed E-state index contributed by atoms with van der Waals surface area (Å²) in [4.78, 5) is 30.0. The molecule has 4 rings (SSSR count). The van der Waals surface area contributed by atoms with Gasteiger partial charge in [0.15, 0.2) is 17.3 Å². The largest absolute Gasteiger partial charge is 0.477 e. The number of benzene rings is 1. The molecule has 3 aromatic rings. The Bertz CT molecular complexity index is 1270. The third kappa shape index (κ3) is 3.46. The number of aromatic carboxylic acids is 1. The Balaban J connectivity index is 1.97. The van der Waals surface area contributed by atoms with Crippen LogP contribution < -0.4 is 21.4 Å². The minimum absolute atomic E-state index is 0.0617. The van der Waals surface area contributed by atoms with E-state index in [4.69, 9.17) is 5.73 Å². The number of carboxylic acid groups (broad SMARTS) is 1. The van der Waals surface area contributed by atoms with E-state index >= 15 is 0 Å². The van der Waals surface area contributed by atoms with Crippen LogP contribution in [0.3, 0.4) is 0 Å². The summed E-state index contributed by atoms with van der Waals surface area (Å²) >= 11 is 0. The van der Waals surface area contributed by atoms with Crippen molar-refractivity contribution in [3.63, 3.8) is 0 Å². The van der Waals surface area contributed by atoms with Gasteiger partial charge in [0.05, 0.1) is 16.8 Å². The highest BCUT2D eigenvalue weighted by molar-refractivity contribution is 5.92. The topological polar surface area (TPSA) is 113 Å². The van der Waals surface area contributed by atoms with Crippen LogP contribution in [0.15, 0.2) is 29.2 Å². The van der Waals surface area contributed by atoms with Crippen LogP contribution >= 0.6 is 0 Å². The lowest BCUT2D eigenvalue weighted by molar-refractivity contribution is 0.0695. The number of pyridine rings is 2. The Morgan fingerprint density at radius 1 is 1.23 bits per heavy atom. The third-order valence-electron chi connectivity index (χ3n) is 5.14. The predicted molar refractivity (Wildman–Crippen MR) is 108 cm³/mol. The van der Waals surface area contributed by atoms with Gasteiger partial charge in [0.2, 0.25) is 5.43 Å². The summed E-state index contributed by atoms with van der Waals surface area (Å²) in [5.41, 5.74) is 2.96. The van der Waals surface area contributed by atoms with Crippen molar-refractivity contribution in [1.82, 2.24) is 14.9 Å². The van der Waals surface area contributed by atoms with Gasteiger partial charge in [-0.2, -0.15) is 0 Å². The van der Waals surface area contributed by atoms with Crippen molar-refractivity contribution in [2.24, 2.45) is 0 Å². The average molecular weight is 433 g/mol. The normalized spacial score (nSPS) is 14.1. The van der Waals surface area contributed by atoms with Crippen LogP contribution in [0.2, 0.25) is 0 Å². The number of nitrogens with one attached hydrogen (secondary N) is 1. The number of nitrogens with zero attached hydrogens (tertiary/aromatic N) is 3. The summed E-state index contributed by atoms with van der Waals surface area (Å²) < 4.78 is 44.0. The molecule has 0 saturated carbocycles. The molecular weight excluding hydrogens is 415 g/mol. The molecule has 0 bridgehead atoms. The number of aromatic nitrogens is 2. The summed E-state index contributed by atoms with van der Waals surface area (Å²) in [6, 6.07) is 2.52. The van der Waals surface area contributed by atoms with Crippen LogP contribution in [0, 0.1) is 17.5 Å². The van der Waals surface area contributed by atoms with Crippen molar-refractivity contribution in [3.05, 3.63) is 57.6 Å². The standard InChI is InChI=1S/C20H18F3N5O3/c1-2-25-9-6-27(7-9)19-14(23)3-10-17(29)11(20(30)31)8-28(18(10)26-19)16-5-15(24)12(21)4-13(16)22/h3-5,8-9,25H,2,6-7,24H2,1H3,(H,30,31). The lowest BCUT2D eigenvalue weighted by Gasteiger charge is -2.40. The molecule has 0 atom stereocenters. The lowest BCUT2D eigenvalue weighted by atomic mass is 10.1. The second-order valence-corrected chi connectivity index (χ2v) is 7.20. The van der Waals surface area contributed by atoms with Crippen molar-refractivity contribution in [2.75, 3.05) is 30.3 Å². The van der Waals surface area contributed by atoms with Crippen LogP contribution in [-0.2, 0) is 0 Å².